The molecule has 0 aromatic heterocycles. The molecule has 0 radical (unpaired) electrons. The molecule has 0 rings (SSSR count). The van der Waals surface area contributed by atoms with Crippen molar-refractivity contribution in [3.8, 4) is 12.1 Å². The molecule has 0 aliphatic carbocycles. The van der Waals surface area contributed by atoms with E-state index >= 15 is 0 Å². The van der Waals surface area contributed by atoms with Gasteiger partial charge in [0.15, 0.2) is 6.10 Å². The summed E-state index contributed by atoms with van der Waals surface area (Å²) < 4.78 is 9.68. The van der Waals surface area contributed by atoms with Crippen molar-refractivity contribution in [2.24, 2.45) is 0 Å². The largest absolute Gasteiger partial charge is 0.461 e. The molecule has 0 spiro atoms. The summed E-state index contributed by atoms with van der Waals surface area (Å²) in [5.74, 6) is -0.942. The molecule has 0 saturated heterocycles. The highest BCUT2D eigenvalue weighted by atomic mass is 16.5. The minimum Gasteiger partial charge on any atom is -0.461 e. The SMILES string of the molecule is CC(=O)OC(C#N)CCCC(CC#N)OC(C)=O. The minimum atomic E-state index is -0.789. The average molecular weight is 252 g/mol. The first-order valence-corrected chi connectivity index (χ1v) is 5.60. The number of carbonyl (C=O) groups excluding carboxylic acids is 2. The fourth-order valence-corrected chi connectivity index (χ4v) is 1.42. The second-order valence-electron chi connectivity index (χ2n) is 3.75. The van der Waals surface area contributed by atoms with E-state index in [2.05, 4.69) is 0 Å². The van der Waals surface area contributed by atoms with Gasteiger partial charge < -0.3 is 9.47 Å². The van der Waals surface area contributed by atoms with Gasteiger partial charge >= 0.3 is 11.9 Å². The van der Waals surface area contributed by atoms with Gasteiger partial charge in [-0.1, -0.05) is 0 Å². The topological polar surface area (TPSA) is 100 Å². The van der Waals surface area contributed by atoms with Gasteiger partial charge in [-0.25, -0.2) is 0 Å². The molecule has 0 aliphatic heterocycles. The van der Waals surface area contributed by atoms with Gasteiger partial charge in [0.25, 0.3) is 0 Å². The predicted molar refractivity (Wildman–Crippen MR) is 60.8 cm³/mol. The van der Waals surface area contributed by atoms with Crippen molar-refractivity contribution in [2.75, 3.05) is 0 Å². The van der Waals surface area contributed by atoms with E-state index in [0.717, 1.165) is 0 Å². The molecule has 6 nitrogen and oxygen atoms in total. The summed E-state index contributed by atoms with van der Waals surface area (Å²) in [6.45, 7) is 2.52. The van der Waals surface area contributed by atoms with Gasteiger partial charge in [-0.3, -0.25) is 9.59 Å². The van der Waals surface area contributed by atoms with Crippen molar-refractivity contribution in [1.29, 1.82) is 10.5 Å². The van der Waals surface area contributed by atoms with Crippen molar-refractivity contribution >= 4 is 11.9 Å². The first-order valence-electron chi connectivity index (χ1n) is 5.60. The van der Waals surface area contributed by atoms with Gasteiger partial charge in [0.1, 0.15) is 12.2 Å². The quantitative estimate of drug-likeness (QED) is 0.636. The summed E-state index contributed by atoms with van der Waals surface area (Å²) in [7, 11) is 0. The fourth-order valence-electron chi connectivity index (χ4n) is 1.42. The number of hydrogen-bond acceptors (Lipinski definition) is 6. The lowest BCUT2D eigenvalue weighted by molar-refractivity contribution is -0.146. The van der Waals surface area contributed by atoms with Gasteiger partial charge in [0.2, 0.25) is 0 Å². The van der Waals surface area contributed by atoms with Gasteiger partial charge in [-0.15, -0.1) is 0 Å². The summed E-state index contributed by atoms with van der Waals surface area (Å²) in [4.78, 5) is 21.4. The van der Waals surface area contributed by atoms with Crippen molar-refractivity contribution in [3.63, 3.8) is 0 Å². The zero-order valence-electron chi connectivity index (χ0n) is 10.5. The molecule has 0 bridgehead atoms. The molecule has 0 aromatic rings. The van der Waals surface area contributed by atoms with E-state index in [1.54, 1.807) is 0 Å². The highest BCUT2D eigenvalue weighted by Gasteiger charge is 2.15. The Balaban J connectivity index is 4.04. The summed E-state index contributed by atoms with van der Waals surface area (Å²) in [6.07, 6.45) is 0.216. The van der Waals surface area contributed by atoms with Crippen LogP contribution >= 0.6 is 0 Å². The third kappa shape index (κ3) is 8.12. The van der Waals surface area contributed by atoms with Crippen LogP contribution in [0.15, 0.2) is 0 Å². The molecule has 2 unspecified atom stereocenters. The molecular weight excluding hydrogens is 236 g/mol. The molecule has 0 aliphatic rings. The molecule has 2 atom stereocenters. The molecule has 0 aromatic carbocycles. The van der Waals surface area contributed by atoms with Crippen LogP contribution in [0.25, 0.3) is 0 Å². The van der Waals surface area contributed by atoms with Crippen molar-refractivity contribution < 1.29 is 19.1 Å². The van der Waals surface area contributed by atoms with E-state index in [-0.39, 0.29) is 6.42 Å². The summed E-state index contributed by atoms with van der Waals surface area (Å²) in [5, 5.41) is 17.3. The Morgan fingerprint density at radius 2 is 1.72 bits per heavy atom. The number of nitriles is 2. The number of carbonyl (C=O) groups is 2. The third-order valence-corrected chi connectivity index (χ3v) is 2.10. The Bertz CT molecular complexity index is 367. The van der Waals surface area contributed by atoms with Crippen LogP contribution < -0.4 is 0 Å². The Labute approximate surface area is 106 Å². The molecule has 6 heteroatoms. The van der Waals surface area contributed by atoms with Crippen LogP contribution in [0, 0.1) is 22.7 Å². The standard InChI is InChI=1S/C12H16N2O4/c1-9(15)17-11(6-7-13)4-3-5-12(8-14)18-10(2)16/h11-12H,3-6H2,1-2H3. The lowest BCUT2D eigenvalue weighted by Crippen LogP contribution is -2.18. The number of esters is 2. The first kappa shape index (κ1) is 15.9. The highest BCUT2D eigenvalue weighted by molar-refractivity contribution is 5.66. The lowest BCUT2D eigenvalue weighted by atomic mass is 10.1. The maximum atomic E-state index is 10.8. The normalized spacial score (nSPS) is 12.7. The maximum Gasteiger partial charge on any atom is 0.303 e. The number of rotatable bonds is 7. The van der Waals surface area contributed by atoms with E-state index in [1.807, 2.05) is 12.1 Å². The maximum absolute atomic E-state index is 10.8. The van der Waals surface area contributed by atoms with E-state index in [1.165, 1.54) is 13.8 Å². The van der Waals surface area contributed by atoms with Gasteiger partial charge in [0.05, 0.1) is 12.5 Å². The molecule has 0 amide bonds. The Morgan fingerprint density at radius 1 is 1.11 bits per heavy atom. The molecule has 0 heterocycles. The second-order valence-corrected chi connectivity index (χ2v) is 3.75. The van der Waals surface area contributed by atoms with Crippen molar-refractivity contribution in [2.45, 2.75) is 51.7 Å². The molecule has 0 N–H and O–H groups in total. The number of nitrogens with zero attached hydrogens (tertiary/aromatic N) is 2. The van der Waals surface area contributed by atoms with E-state index in [4.69, 9.17) is 20.0 Å². The van der Waals surface area contributed by atoms with Crippen LogP contribution in [0.4, 0.5) is 0 Å². The van der Waals surface area contributed by atoms with Crippen molar-refractivity contribution in [3.05, 3.63) is 0 Å². The van der Waals surface area contributed by atoms with Crippen LogP contribution in [0.2, 0.25) is 0 Å². The van der Waals surface area contributed by atoms with Crippen LogP contribution in [-0.4, -0.2) is 24.1 Å². The zero-order chi connectivity index (χ0) is 14.0. The summed E-state index contributed by atoms with van der Waals surface area (Å²) in [6, 6.07) is 3.79. The average Bonchev–Trinajstić information content (AvgIpc) is 2.26. The van der Waals surface area contributed by atoms with Gasteiger partial charge in [-0.05, 0) is 19.3 Å². The molecular formula is C12H16N2O4. The van der Waals surface area contributed by atoms with E-state index in [9.17, 15) is 9.59 Å². The zero-order valence-corrected chi connectivity index (χ0v) is 10.5. The highest BCUT2D eigenvalue weighted by Crippen LogP contribution is 2.12. The second kappa shape index (κ2) is 9.00. The van der Waals surface area contributed by atoms with E-state index < -0.39 is 24.1 Å². The van der Waals surface area contributed by atoms with E-state index in [0.29, 0.717) is 19.3 Å². The molecule has 18 heavy (non-hydrogen) atoms. The first-order chi connectivity index (χ1) is 8.49. The molecule has 0 fully saturated rings. The number of ether oxygens (including phenoxy) is 2. The van der Waals surface area contributed by atoms with Gasteiger partial charge in [-0.2, -0.15) is 10.5 Å². The molecule has 0 saturated carbocycles. The minimum absolute atomic E-state index is 0.115. The molecule has 98 valence electrons. The fraction of sp³-hybridized carbons (Fsp3) is 0.667. The van der Waals surface area contributed by atoms with Crippen LogP contribution in [-0.2, 0) is 19.1 Å². The van der Waals surface area contributed by atoms with Crippen LogP contribution in [0.5, 0.6) is 0 Å². The smallest absolute Gasteiger partial charge is 0.303 e. The van der Waals surface area contributed by atoms with Crippen LogP contribution in [0.3, 0.4) is 0 Å². The predicted octanol–water partition coefficient (Wildman–Crippen LogP) is 1.46. The summed E-state index contributed by atoms with van der Waals surface area (Å²) >= 11 is 0. The summed E-state index contributed by atoms with van der Waals surface area (Å²) in [5.41, 5.74) is 0. The monoisotopic (exact) mass is 252 g/mol. The Hall–Kier alpha value is -2.08. The van der Waals surface area contributed by atoms with Gasteiger partial charge in [0, 0.05) is 13.8 Å². The third-order valence-electron chi connectivity index (χ3n) is 2.10. The lowest BCUT2D eigenvalue weighted by Gasteiger charge is -2.14. The van der Waals surface area contributed by atoms with Crippen LogP contribution in [0.1, 0.15) is 39.5 Å². The Kier molecular flexibility index (Phi) is 7.96. The van der Waals surface area contributed by atoms with Crippen molar-refractivity contribution in [1.82, 2.24) is 0 Å². The number of hydrogen-bond donors (Lipinski definition) is 0. The Morgan fingerprint density at radius 3 is 2.17 bits per heavy atom.